The van der Waals surface area contributed by atoms with Crippen LogP contribution in [-0.2, 0) is 11.3 Å². The minimum atomic E-state index is -0.255. The first kappa shape index (κ1) is 20.8. The fraction of sp³-hybridized carbons (Fsp3) is 0.292. The SMILES string of the molecule is COc1ccc(C2=CN(Cc3nc4c(C#N)cccc4o3)C(=O)NC2)cc1OC1CCOC1. The van der Waals surface area contributed by atoms with Crippen molar-refractivity contribution in [2.24, 2.45) is 0 Å². The molecule has 2 aromatic carbocycles. The van der Waals surface area contributed by atoms with E-state index in [9.17, 15) is 10.1 Å². The van der Waals surface area contributed by atoms with Crippen molar-refractivity contribution < 1.29 is 23.4 Å². The summed E-state index contributed by atoms with van der Waals surface area (Å²) in [5.74, 6) is 1.63. The Morgan fingerprint density at radius 3 is 3.00 bits per heavy atom. The van der Waals surface area contributed by atoms with Crippen LogP contribution in [0.2, 0.25) is 0 Å². The summed E-state index contributed by atoms with van der Waals surface area (Å²) in [4.78, 5) is 18.4. The first-order chi connectivity index (χ1) is 16.1. The van der Waals surface area contributed by atoms with Crippen LogP contribution in [0, 0.1) is 11.3 Å². The number of rotatable bonds is 6. The van der Waals surface area contributed by atoms with E-state index in [0.29, 0.717) is 53.8 Å². The average molecular weight is 446 g/mol. The number of amides is 2. The van der Waals surface area contributed by atoms with Gasteiger partial charge in [0.05, 0.1) is 25.9 Å². The molecule has 0 spiro atoms. The number of nitriles is 1. The molecule has 1 atom stereocenters. The highest BCUT2D eigenvalue weighted by molar-refractivity contribution is 5.84. The van der Waals surface area contributed by atoms with Crippen LogP contribution in [0.3, 0.4) is 0 Å². The molecule has 0 bridgehead atoms. The third kappa shape index (κ3) is 4.21. The number of oxazole rings is 1. The second kappa shape index (κ2) is 8.84. The quantitative estimate of drug-likeness (QED) is 0.618. The van der Waals surface area contributed by atoms with Crippen molar-refractivity contribution in [2.75, 3.05) is 26.9 Å². The maximum absolute atomic E-state index is 12.5. The Balaban J connectivity index is 1.41. The lowest BCUT2D eigenvalue weighted by Crippen LogP contribution is -2.41. The summed E-state index contributed by atoms with van der Waals surface area (Å²) >= 11 is 0. The van der Waals surface area contributed by atoms with Gasteiger partial charge >= 0.3 is 6.03 Å². The lowest BCUT2D eigenvalue weighted by Gasteiger charge is -2.25. The molecule has 5 rings (SSSR count). The molecule has 2 aliphatic rings. The zero-order valence-corrected chi connectivity index (χ0v) is 18.0. The number of ether oxygens (including phenoxy) is 3. The molecular formula is C24H22N4O5. The molecule has 1 N–H and O–H groups in total. The molecule has 1 fully saturated rings. The highest BCUT2D eigenvalue weighted by Crippen LogP contribution is 2.33. The van der Waals surface area contributed by atoms with Gasteiger partial charge in [0.25, 0.3) is 0 Å². The summed E-state index contributed by atoms with van der Waals surface area (Å²) in [5, 5.41) is 12.2. The van der Waals surface area contributed by atoms with Gasteiger partial charge in [0, 0.05) is 19.2 Å². The van der Waals surface area contributed by atoms with E-state index in [2.05, 4.69) is 16.4 Å². The van der Waals surface area contributed by atoms with Gasteiger partial charge in [0.2, 0.25) is 5.89 Å². The lowest BCUT2D eigenvalue weighted by atomic mass is 10.0. The van der Waals surface area contributed by atoms with E-state index < -0.39 is 0 Å². The molecule has 9 heteroatoms. The number of fused-ring (bicyclic) bond motifs is 1. The second-order valence-corrected chi connectivity index (χ2v) is 7.78. The predicted molar refractivity (Wildman–Crippen MR) is 118 cm³/mol. The molecule has 3 heterocycles. The van der Waals surface area contributed by atoms with Crippen LogP contribution in [0.5, 0.6) is 11.5 Å². The summed E-state index contributed by atoms with van der Waals surface area (Å²) in [6.45, 7) is 1.75. The minimum Gasteiger partial charge on any atom is -0.493 e. The van der Waals surface area contributed by atoms with Crippen LogP contribution < -0.4 is 14.8 Å². The Morgan fingerprint density at radius 2 is 2.21 bits per heavy atom. The third-order valence-corrected chi connectivity index (χ3v) is 5.61. The molecule has 1 unspecified atom stereocenters. The third-order valence-electron chi connectivity index (χ3n) is 5.61. The van der Waals surface area contributed by atoms with Crippen LogP contribution in [0.25, 0.3) is 16.7 Å². The van der Waals surface area contributed by atoms with E-state index in [4.69, 9.17) is 18.6 Å². The monoisotopic (exact) mass is 446 g/mol. The van der Waals surface area contributed by atoms with Gasteiger partial charge in [-0.15, -0.1) is 0 Å². The number of aromatic nitrogens is 1. The first-order valence-corrected chi connectivity index (χ1v) is 10.6. The van der Waals surface area contributed by atoms with Crippen molar-refractivity contribution in [3.8, 4) is 17.6 Å². The number of carbonyl (C=O) groups is 1. The largest absolute Gasteiger partial charge is 0.493 e. The molecule has 3 aromatic rings. The summed E-state index contributed by atoms with van der Waals surface area (Å²) in [6, 6.07) is 12.7. The molecule has 2 aliphatic heterocycles. The van der Waals surface area contributed by atoms with Gasteiger partial charge in [0.15, 0.2) is 17.1 Å². The highest BCUT2D eigenvalue weighted by atomic mass is 16.6. The van der Waals surface area contributed by atoms with Crippen molar-refractivity contribution in [1.82, 2.24) is 15.2 Å². The Hall–Kier alpha value is -4.03. The summed E-state index contributed by atoms with van der Waals surface area (Å²) in [5.41, 5.74) is 3.24. The van der Waals surface area contributed by atoms with Crippen LogP contribution >= 0.6 is 0 Å². The number of hydrogen-bond donors (Lipinski definition) is 1. The van der Waals surface area contributed by atoms with Crippen molar-refractivity contribution in [3.05, 3.63) is 59.6 Å². The number of para-hydroxylation sites is 1. The molecule has 0 aliphatic carbocycles. The molecule has 33 heavy (non-hydrogen) atoms. The molecule has 1 aromatic heterocycles. The smallest absolute Gasteiger partial charge is 0.322 e. The predicted octanol–water partition coefficient (Wildman–Crippen LogP) is 3.44. The van der Waals surface area contributed by atoms with Crippen molar-refractivity contribution in [2.45, 2.75) is 19.1 Å². The first-order valence-electron chi connectivity index (χ1n) is 10.6. The minimum absolute atomic E-state index is 0.0110. The van der Waals surface area contributed by atoms with E-state index >= 15 is 0 Å². The standard InChI is InChI=1S/C24H22N4O5/c1-30-19-6-5-15(9-21(19)32-18-7-8-31-14-18)17-11-26-24(29)28(12-17)13-22-27-23-16(10-25)3-2-4-20(23)33-22/h2-6,9,12,18H,7-8,11,13-14H2,1H3,(H,26,29). The molecule has 1 saturated heterocycles. The van der Waals surface area contributed by atoms with E-state index in [1.54, 1.807) is 31.5 Å². The van der Waals surface area contributed by atoms with Crippen LogP contribution in [0.1, 0.15) is 23.4 Å². The molecule has 0 saturated carbocycles. The Morgan fingerprint density at radius 1 is 1.30 bits per heavy atom. The fourth-order valence-corrected chi connectivity index (χ4v) is 3.91. The Kier molecular flexibility index (Phi) is 5.59. The zero-order chi connectivity index (χ0) is 22.8. The molecular weight excluding hydrogens is 424 g/mol. The van der Waals surface area contributed by atoms with Crippen molar-refractivity contribution in [1.29, 1.82) is 5.26 Å². The van der Waals surface area contributed by atoms with Gasteiger partial charge in [0.1, 0.15) is 24.2 Å². The summed E-state index contributed by atoms with van der Waals surface area (Å²) in [7, 11) is 1.60. The van der Waals surface area contributed by atoms with Gasteiger partial charge in [-0.25, -0.2) is 9.78 Å². The second-order valence-electron chi connectivity index (χ2n) is 7.78. The van der Waals surface area contributed by atoms with Crippen molar-refractivity contribution in [3.63, 3.8) is 0 Å². The number of urea groups is 1. The van der Waals surface area contributed by atoms with Gasteiger partial charge < -0.3 is 23.9 Å². The zero-order valence-electron chi connectivity index (χ0n) is 18.0. The van der Waals surface area contributed by atoms with Gasteiger partial charge in [-0.05, 0) is 35.4 Å². The molecule has 9 nitrogen and oxygen atoms in total. The normalized spacial score (nSPS) is 18.1. The van der Waals surface area contributed by atoms with Gasteiger partial charge in [-0.3, -0.25) is 4.90 Å². The summed E-state index contributed by atoms with van der Waals surface area (Å²) in [6.07, 6.45) is 2.60. The number of benzene rings is 2. The Labute approximate surface area is 190 Å². The van der Waals surface area contributed by atoms with E-state index in [1.807, 2.05) is 18.2 Å². The maximum Gasteiger partial charge on any atom is 0.322 e. The molecule has 2 amide bonds. The Bertz CT molecular complexity index is 1270. The van der Waals surface area contributed by atoms with Gasteiger partial charge in [-0.2, -0.15) is 5.26 Å². The fourth-order valence-electron chi connectivity index (χ4n) is 3.91. The van der Waals surface area contributed by atoms with E-state index in [0.717, 1.165) is 17.6 Å². The topological polar surface area (TPSA) is 110 Å². The van der Waals surface area contributed by atoms with Gasteiger partial charge in [-0.1, -0.05) is 12.1 Å². The number of hydrogen-bond acceptors (Lipinski definition) is 7. The summed E-state index contributed by atoms with van der Waals surface area (Å²) < 4.78 is 22.7. The molecule has 168 valence electrons. The number of nitrogens with zero attached hydrogens (tertiary/aromatic N) is 3. The molecule has 0 radical (unpaired) electrons. The van der Waals surface area contributed by atoms with Crippen LogP contribution in [0.4, 0.5) is 4.79 Å². The number of methoxy groups -OCH3 is 1. The van der Waals surface area contributed by atoms with Crippen LogP contribution in [0.15, 0.2) is 47.0 Å². The average Bonchev–Trinajstić information content (AvgIpc) is 3.49. The van der Waals surface area contributed by atoms with E-state index in [1.165, 1.54) is 4.90 Å². The maximum atomic E-state index is 12.5. The lowest BCUT2D eigenvalue weighted by molar-refractivity contribution is 0.138. The van der Waals surface area contributed by atoms with Crippen LogP contribution in [-0.4, -0.2) is 48.9 Å². The highest BCUT2D eigenvalue weighted by Gasteiger charge is 2.24. The van der Waals surface area contributed by atoms with E-state index in [-0.39, 0.29) is 18.7 Å². The van der Waals surface area contributed by atoms with Crippen molar-refractivity contribution >= 4 is 22.7 Å². The number of carbonyl (C=O) groups excluding carboxylic acids is 1. The number of nitrogens with one attached hydrogen (secondary N) is 1.